The summed E-state index contributed by atoms with van der Waals surface area (Å²) in [7, 11) is 1.65. The van der Waals surface area contributed by atoms with Crippen LogP contribution < -0.4 is 14.8 Å². The van der Waals surface area contributed by atoms with Gasteiger partial charge in [-0.05, 0) is 48.9 Å². The molecule has 6 nitrogen and oxygen atoms in total. The van der Waals surface area contributed by atoms with Crippen LogP contribution in [0.2, 0.25) is 0 Å². The van der Waals surface area contributed by atoms with Crippen LogP contribution in [0, 0.1) is 0 Å². The van der Waals surface area contributed by atoms with Gasteiger partial charge in [0.15, 0.2) is 6.10 Å². The molecule has 0 spiro atoms. The van der Waals surface area contributed by atoms with Crippen LogP contribution in [0.4, 0.5) is 0 Å². The van der Waals surface area contributed by atoms with E-state index in [-0.39, 0.29) is 11.9 Å². The molecule has 0 unspecified atom stereocenters. The minimum atomic E-state index is -0.586. The number of rotatable bonds is 8. The predicted octanol–water partition coefficient (Wildman–Crippen LogP) is 3.41. The molecule has 1 fully saturated rings. The average Bonchev–Trinajstić information content (AvgIpc) is 2.76. The Bertz CT molecular complexity index is 776. The van der Waals surface area contributed by atoms with Gasteiger partial charge in [-0.2, -0.15) is 0 Å². The maximum Gasteiger partial charge on any atom is 0.260 e. The third kappa shape index (κ3) is 6.19. The van der Waals surface area contributed by atoms with E-state index in [0.717, 1.165) is 28.9 Å². The van der Waals surface area contributed by atoms with E-state index in [2.05, 4.69) is 26.1 Å². The van der Waals surface area contributed by atoms with Crippen molar-refractivity contribution in [2.24, 2.45) is 0 Å². The number of carbonyl (C=O) groups is 1. The number of methoxy groups -OCH3 is 1. The third-order valence-corrected chi connectivity index (χ3v) is 5.48. The molecule has 1 aliphatic heterocycles. The zero-order valence-corrected chi connectivity index (χ0v) is 18.4. The standard InChI is InChI=1S/C22H27BrN2O4/c1-16(29-20-9-5-18(23)6-10-20)22(26)24-15-21(25-11-13-28-14-12-25)17-3-7-19(27-2)8-4-17/h3-10,16,21H,11-15H2,1-2H3,(H,24,26)/t16-,21-/m1/s1. The van der Waals surface area contributed by atoms with Gasteiger partial charge in [-0.25, -0.2) is 0 Å². The maximum absolute atomic E-state index is 12.6. The lowest BCUT2D eigenvalue weighted by atomic mass is 10.0. The molecule has 1 saturated heterocycles. The molecule has 0 aromatic heterocycles. The number of morpholine rings is 1. The highest BCUT2D eigenvalue weighted by Crippen LogP contribution is 2.24. The Morgan fingerprint density at radius 1 is 1.10 bits per heavy atom. The molecule has 156 valence electrons. The maximum atomic E-state index is 12.6. The summed E-state index contributed by atoms with van der Waals surface area (Å²) in [4.78, 5) is 15.0. The van der Waals surface area contributed by atoms with Crippen molar-refractivity contribution in [2.75, 3.05) is 40.0 Å². The fourth-order valence-electron chi connectivity index (χ4n) is 3.28. The molecule has 2 atom stereocenters. The lowest BCUT2D eigenvalue weighted by Crippen LogP contribution is -2.45. The molecule has 0 radical (unpaired) electrons. The Morgan fingerprint density at radius 2 is 1.72 bits per heavy atom. The van der Waals surface area contributed by atoms with Gasteiger partial charge in [0.05, 0.1) is 26.4 Å². The number of benzene rings is 2. The van der Waals surface area contributed by atoms with Crippen LogP contribution in [0.1, 0.15) is 18.5 Å². The molecule has 7 heteroatoms. The number of carbonyl (C=O) groups excluding carboxylic acids is 1. The molecule has 1 amide bonds. The molecular formula is C22H27BrN2O4. The molecule has 1 heterocycles. The van der Waals surface area contributed by atoms with Crippen LogP contribution in [-0.2, 0) is 9.53 Å². The smallest absolute Gasteiger partial charge is 0.260 e. The van der Waals surface area contributed by atoms with E-state index >= 15 is 0 Å². The first-order chi connectivity index (χ1) is 14.1. The van der Waals surface area contributed by atoms with Crippen LogP contribution in [0.3, 0.4) is 0 Å². The first-order valence-corrected chi connectivity index (χ1v) is 10.5. The van der Waals surface area contributed by atoms with Crippen LogP contribution in [0.5, 0.6) is 11.5 Å². The van der Waals surface area contributed by atoms with Crippen molar-refractivity contribution in [1.82, 2.24) is 10.2 Å². The number of nitrogens with one attached hydrogen (secondary N) is 1. The highest BCUT2D eigenvalue weighted by Gasteiger charge is 2.24. The largest absolute Gasteiger partial charge is 0.497 e. The van der Waals surface area contributed by atoms with Gasteiger partial charge in [-0.3, -0.25) is 9.69 Å². The Hall–Kier alpha value is -2.09. The summed E-state index contributed by atoms with van der Waals surface area (Å²) in [5.41, 5.74) is 1.13. The molecule has 1 aliphatic rings. The fourth-order valence-corrected chi connectivity index (χ4v) is 3.55. The van der Waals surface area contributed by atoms with E-state index in [9.17, 15) is 4.79 Å². The average molecular weight is 463 g/mol. The Morgan fingerprint density at radius 3 is 2.34 bits per heavy atom. The topological polar surface area (TPSA) is 60.0 Å². The highest BCUT2D eigenvalue weighted by molar-refractivity contribution is 9.10. The quantitative estimate of drug-likeness (QED) is 0.651. The summed E-state index contributed by atoms with van der Waals surface area (Å²) in [5.74, 6) is 1.34. The molecular weight excluding hydrogens is 436 g/mol. The van der Waals surface area contributed by atoms with Gasteiger partial charge in [0.25, 0.3) is 5.91 Å². The second kappa shape index (κ2) is 10.6. The third-order valence-electron chi connectivity index (χ3n) is 4.95. The van der Waals surface area contributed by atoms with E-state index in [1.165, 1.54) is 0 Å². The molecule has 29 heavy (non-hydrogen) atoms. The molecule has 2 aromatic rings. The van der Waals surface area contributed by atoms with Gasteiger partial charge >= 0.3 is 0 Å². The van der Waals surface area contributed by atoms with Gasteiger partial charge in [-0.1, -0.05) is 28.1 Å². The van der Waals surface area contributed by atoms with Crippen LogP contribution in [-0.4, -0.2) is 56.9 Å². The lowest BCUT2D eigenvalue weighted by molar-refractivity contribution is -0.127. The summed E-state index contributed by atoms with van der Waals surface area (Å²) in [5, 5.41) is 3.05. The predicted molar refractivity (Wildman–Crippen MR) is 115 cm³/mol. The Balaban J connectivity index is 1.63. The molecule has 2 aromatic carbocycles. The van der Waals surface area contributed by atoms with Gasteiger partial charge in [-0.15, -0.1) is 0 Å². The van der Waals surface area contributed by atoms with E-state index in [0.29, 0.717) is 25.5 Å². The molecule has 1 N–H and O–H groups in total. The Labute approximate surface area is 180 Å². The first-order valence-electron chi connectivity index (χ1n) is 9.72. The molecule has 0 bridgehead atoms. The van der Waals surface area contributed by atoms with Crippen molar-refractivity contribution in [2.45, 2.75) is 19.1 Å². The van der Waals surface area contributed by atoms with Crippen molar-refractivity contribution in [3.05, 3.63) is 58.6 Å². The van der Waals surface area contributed by atoms with Gasteiger partial charge in [0.2, 0.25) is 0 Å². The van der Waals surface area contributed by atoms with E-state index in [1.54, 1.807) is 14.0 Å². The van der Waals surface area contributed by atoms with Crippen molar-refractivity contribution in [1.29, 1.82) is 0 Å². The van der Waals surface area contributed by atoms with Gasteiger partial charge in [0.1, 0.15) is 11.5 Å². The summed E-state index contributed by atoms with van der Waals surface area (Å²) in [6.45, 7) is 5.32. The SMILES string of the molecule is COc1ccc([C@@H](CNC(=O)[C@@H](C)Oc2ccc(Br)cc2)N2CCOCC2)cc1. The van der Waals surface area contributed by atoms with Gasteiger partial charge < -0.3 is 19.5 Å². The lowest BCUT2D eigenvalue weighted by Gasteiger charge is -2.35. The molecule has 3 rings (SSSR count). The number of nitrogens with zero attached hydrogens (tertiary/aromatic N) is 1. The fraction of sp³-hybridized carbons (Fsp3) is 0.409. The highest BCUT2D eigenvalue weighted by atomic mass is 79.9. The minimum absolute atomic E-state index is 0.0636. The van der Waals surface area contributed by atoms with Crippen molar-refractivity contribution < 1.29 is 19.0 Å². The summed E-state index contributed by atoms with van der Waals surface area (Å²) < 4.78 is 17.5. The number of hydrogen-bond donors (Lipinski definition) is 1. The zero-order chi connectivity index (χ0) is 20.6. The van der Waals surface area contributed by atoms with Crippen LogP contribution >= 0.6 is 15.9 Å². The van der Waals surface area contributed by atoms with Crippen molar-refractivity contribution in [3.63, 3.8) is 0 Å². The Kier molecular flexibility index (Phi) is 7.91. The normalized spacial score (nSPS) is 16.7. The molecule has 0 aliphatic carbocycles. The van der Waals surface area contributed by atoms with Gasteiger partial charge in [0, 0.05) is 24.1 Å². The van der Waals surface area contributed by atoms with E-state index in [4.69, 9.17) is 14.2 Å². The zero-order valence-electron chi connectivity index (χ0n) is 16.8. The monoisotopic (exact) mass is 462 g/mol. The number of halogens is 1. The minimum Gasteiger partial charge on any atom is -0.497 e. The summed E-state index contributed by atoms with van der Waals surface area (Å²) in [6.07, 6.45) is -0.586. The summed E-state index contributed by atoms with van der Waals surface area (Å²) >= 11 is 3.39. The van der Waals surface area contributed by atoms with E-state index < -0.39 is 6.10 Å². The van der Waals surface area contributed by atoms with Crippen molar-refractivity contribution >= 4 is 21.8 Å². The molecule has 0 saturated carbocycles. The van der Waals surface area contributed by atoms with Crippen LogP contribution in [0.25, 0.3) is 0 Å². The number of amides is 1. The van der Waals surface area contributed by atoms with Crippen molar-refractivity contribution in [3.8, 4) is 11.5 Å². The summed E-state index contributed by atoms with van der Waals surface area (Å²) in [6, 6.07) is 15.5. The number of ether oxygens (including phenoxy) is 3. The second-order valence-corrected chi connectivity index (χ2v) is 7.81. The van der Waals surface area contributed by atoms with Crippen LogP contribution in [0.15, 0.2) is 53.0 Å². The first kappa shape index (κ1) is 21.6. The number of hydrogen-bond acceptors (Lipinski definition) is 5. The van der Waals surface area contributed by atoms with E-state index in [1.807, 2.05) is 48.5 Å². The second-order valence-electron chi connectivity index (χ2n) is 6.90.